The Hall–Kier alpha value is -0.0800. The predicted molar refractivity (Wildman–Crippen MR) is 86.0 cm³/mol. The van der Waals surface area contributed by atoms with Crippen molar-refractivity contribution < 1.29 is 4.74 Å². The highest BCUT2D eigenvalue weighted by Crippen LogP contribution is 2.40. The number of ether oxygens (including phenoxy) is 1. The third-order valence-electron chi connectivity index (χ3n) is 5.29. The maximum absolute atomic E-state index is 6.35. The molecule has 20 heavy (non-hydrogen) atoms. The fourth-order valence-corrected chi connectivity index (χ4v) is 4.61. The molecule has 0 saturated heterocycles. The summed E-state index contributed by atoms with van der Waals surface area (Å²) in [7, 11) is 0. The van der Waals surface area contributed by atoms with Crippen molar-refractivity contribution in [1.82, 2.24) is 5.32 Å². The van der Waals surface area contributed by atoms with Gasteiger partial charge in [0.05, 0.1) is 12.7 Å². The van der Waals surface area contributed by atoms with E-state index in [-0.39, 0.29) is 0 Å². The fraction of sp³-hybridized carbons (Fsp3) is 1.00. The number of hydrogen-bond donors (Lipinski definition) is 1. The Labute approximate surface area is 126 Å². The van der Waals surface area contributed by atoms with Gasteiger partial charge in [0.15, 0.2) is 0 Å². The van der Waals surface area contributed by atoms with Crippen LogP contribution in [0.1, 0.15) is 72.6 Å². The first-order chi connectivity index (χ1) is 9.50. The third kappa shape index (κ3) is 4.73. The maximum atomic E-state index is 6.35. The van der Waals surface area contributed by atoms with Crippen LogP contribution in [-0.4, -0.2) is 25.3 Å². The maximum Gasteiger partial charge on any atom is 0.0626 e. The highest BCUT2D eigenvalue weighted by molar-refractivity contribution is 4.85. The van der Waals surface area contributed by atoms with E-state index in [2.05, 4.69) is 33.0 Å². The van der Waals surface area contributed by atoms with Gasteiger partial charge in [-0.3, -0.25) is 0 Å². The van der Waals surface area contributed by atoms with E-state index >= 15 is 0 Å². The number of likely N-dealkylation sites (N-methyl/N-ethyl adjacent to an activating group) is 1. The normalized spacial score (nSPS) is 32.4. The lowest BCUT2D eigenvalue weighted by atomic mass is 9.71. The van der Waals surface area contributed by atoms with Crippen molar-refractivity contribution in [2.75, 3.05) is 13.2 Å². The van der Waals surface area contributed by atoms with Crippen molar-refractivity contribution >= 4 is 0 Å². The van der Waals surface area contributed by atoms with Crippen molar-refractivity contribution in [3.05, 3.63) is 0 Å². The zero-order valence-corrected chi connectivity index (χ0v) is 14.1. The van der Waals surface area contributed by atoms with Crippen LogP contribution >= 0.6 is 0 Å². The molecule has 2 saturated carbocycles. The highest BCUT2D eigenvalue weighted by atomic mass is 16.5. The Kier molecular flexibility index (Phi) is 5.92. The molecule has 2 aliphatic carbocycles. The molecule has 0 spiro atoms. The van der Waals surface area contributed by atoms with Crippen LogP contribution in [-0.2, 0) is 4.74 Å². The molecule has 1 N–H and O–H groups in total. The molecule has 0 aliphatic heterocycles. The van der Waals surface area contributed by atoms with E-state index in [0.29, 0.717) is 17.6 Å². The molecular weight excluding hydrogens is 246 g/mol. The number of rotatable bonds is 6. The second-order valence-electron chi connectivity index (χ2n) is 8.08. The monoisotopic (exact) mass is 281 g/mol. The summed E-state index contributed by atoms with van der Waals surface area (Å²) in [5, 5.41) is 3.67. The van der Waals surface area contributed by atoms with Crippen LogP contribution < -0.4 is 5.32 Å². The smallest absolute Gasteiger partial charge is 0.0626 e. The lowest BCUT2D eigenvalue weighted by Gasteiger charge is -2.39. The summed E-state index contributed by atoms with van der Waals surface area (Å²) in [5.41, 5.74) is 0.462. The van der Waals surface area contributed by atoms with Crippen LogP contribution in [0.25, 0.3) is 0 Å². The summed E-state index contributed by atoms with van der Waals surface area (Å²) in [6.45, 7) is 11.4. The SMILES string of the molecule is CCNC(COC1CC(C)CC(C)(C)C1)C1CCCC1. The average Bonchev–Trinajstić information content (AvgIpc) is 2.85. The van der Waals surface area contributed by atoms with Gasteiger partial charge in [-0.25, -0.2) is 0 Å². The lowest BCUT2D eigenvalue weighted by molar-refractivity contribution is -0.0356. The van der Waals surface area contributed by atoms with Crippen LogP contribution in [0.2, 0.25) is 0 Å². The summed E-state index contributed by atoms with van der Waals surface area (Å²) in [4.78, 5) is 0. The Morgan fingerprint density at radius 2 is 1.90 bits per heavy atom. The Morgan fingerprint density at radius 3 is 2.50 bits per heavy atom. The molecule has 3 atom stereocenters. The molecule has 118 valence electrons. The minimum atomic E-state index is 0.462. The minimum absolute atomic E-state index is 0.462. The van der Waals surface area contributed by atoms with Gasteiger partial charge in [-0.15, -0.1) is 0 Å². The third-order valence-corrected chi connectivity index (χ3v) is 5.29. The molecule has 0 amide bonds. The van der Waals surface area contributed by atoms with E-state index in [1.807, 2.05) is 0 Å². The minimum Gasteiger partial charge on any atom is -0.377 e. The second kappa shape index (κ2) is 7.26. The molecule has 0 radical (unpaired) electrons. The Bertz CT molecular complexity index is 283. The zero-order valence-electron chi connectivity index (χ0n) is 14.1. The summed E-state index contributed by atoms with van der Waals surface area (Å²) < 4.78 is 6.35. The van der Waals surface area contributed by atoms with Crippen LogP contribution in [0.4, 0.5) is 0 Å². The van der Waals surface area contributed by atoms with Gasteiger partial charge in [-0.1, -0.05) is 40.5 Å². The van der Waals surface area contributed by atoms with Gasteiger partial charge in [0.25, 0.3) is 0 Å². The lowest BCUT2D eigenvalue weighted by Crippen LogP contribution is -2.41. The summed E-state index contributed by atoms with van der Waals surface area (Å²) >= 11 is 0. The van der Waals surface area contributed by atoms with E-state index in [9.17, 15) is 0 Å². The molecule has 0 aromatic rings. The van der Waals surface area contributed by atoms with Crippen LogP contribution in [0.5, 0.6) is 0 Å². The molecule has 0 heterocycles. The van der Waals surface area contributed by atoms with E-state index < -0.39 is 0 Å². The molecule has 2 fully saturated rings. The predicted octanol–water partition coefficient (Wildman–Crippen LogP) is 4.39. The summed E-state index contributed by atoms with van der Waals surface area (Å²) in [6.07, 6.45) is 9.96. The van der Waals surface area contributed by atoms with Crippen molar-refractivity contribution in [3.63, 3.8) is 0 Å². The van der Waals surface area contributed by atoms with Crippen LogP contribution in [0, 0.1) is 17.3 Å². The molecule has 0 bridgehead atoms. The quantitative estimate of drug-likeness (QED) is 0.780. The number of hydrogen-bond acceptors (Lipinski definition) is 2. The van der Waals surface area contributed by atoms with Gasteiger partial charge in [-0.05, 0) is 55.9 Å². The van der Waals surface area contributed by atoms with Gasteiger partial charge < -0.3 is 10.1 Å². The van der Waals surface area contributed by atoms with Gasteiger partial charge in [-0.2, -0.15) is 0 Å². The largest absolute Gasteiger partial charge is 0.377 e. The van der Waals surface area contributed by atoms with Crippen molar-refractivity contribution in [2.45, 2.75) is 84.8 Å². The zero-order chi connectivity index (χ0) is 14.6. The first-order valence-corrected chi connectivity index (χ1v) is 8.85. The Balaban J connectivity index is 1.82. The van der Waals surface area contributed by atoms with E-state index in [0.717, 1.165) is 25.0 Å². The van der Waals surface area contributed by atoms with Crippen molar-refractivity contribution in [2.24, 2.45) is 17.3 Å². The molecule has 0 aromatic heterocycles. The fourth-order valence-electron chi connectivity index (χ4n) is 4.61. The van der Waals surface area contributed by atoms with Crippen LogP contribution in [0.15, 0.2) is 0 Å². The number of nitrogens with one attached hydrogen (secondary N) is 1. The van der Waals surface area contributed by atoms with E-state index in [1.54, 1.807) is 0 Å². The van der Waals surface area contributed by atoms with E-state index in [1.165, 1.54) is 44.9 Å². The molecule has 2 aliphatic rings. The molecule has 2 nitrogen and oxygen atoms in total. The van der Waals surface area contributed by atoms with Gasteiger partial charge >= 0.3 is 0 Å². The summed E-state index contributed by atoms with van der Waals surface area (Å²) in [6, 6.07) is 0.586. The van der Waals surface area contributed by atoms with Gasteiger partial charge in [0.2, 0.25) is 0 Å². The van der Waals surface area contributed by atoms with Crippen molar-refractivity contribution in [1.29, 1.82) is 0 Å². The molecule has 0 aromatic carbocycles. The first kappa shape index (κ1) is 16.3. The average molecular weight is 281 g/mol. The molecule has 3 unspecified atom stereocenters. The topological polar surface area (TPSA) is 21.3 Å². The van der Waals surface area contributed by atoms with Gasteiger partial charge in [0.1, 0.15) is 0 Å². The van der Waals surface area contributed by atoms with Crippen molar-refractivity contribution in [3.8, 4) is 0 Å². The molecule has 2 rings (SSSR count). The molecule has 2 heteroatoms. The first-order valence-electron chi connectivity index (χ1n) is 8.85. The van der Waals surface area contributed by atoms with E-state index in [4.69, 9.17) is 4.74 Å². The highest BCUT2D eigenvalue weighted by Gasteiger charge is 2.33. The van der Waals surface area contributed by atoms with Crippen LogP contribution in [0.3, 0.4) is 0 Å². The molecular formula is C18H35NO. The van der Waals surface area contributed by atoms with Gasteiger partial charge in [0, 0.05) is 6.04 Å². The Morgan fingerprint density at radius 1 is 1.20 bits per heavy atom. The summed E-state index contributed by atoms with van der Waals surface area (Å²) in [5.74, 6) is 1.66. The standard InChI is InChI=1S/C18H35NO/c1-5-19-17(15-8-6-7-9-15)13-20-16-10-14(2)11-18(3,4)12-16/h14-17,19H,5-13H2,1-4H3. The second-order valence-corrected chi connectivity index (χ2v) is 8.08.